The van der Waals surface area contributed by atoms with Crippen LogP contribution in [0, 0.1) is 0 Å². The molecule has 0 saturated carbocycles. The smallest absolute Gasteiger partial charge is 0.321 e. The van der Waals surface area contributed by atoms with Crippen molar-refractivity contribution >= 4 is 27.6 Å². The van der Waals surface area contributed by atoms with Crippen LogP contribution in [0.25, 0.3) is 0 Å². The van der Waals surface area contributed by atoms with Gasteiger partial charge in [-0.3, -0.25) is 4.79 Å². The van der Waals surface area contributed by atoms with Crippen molar-refractivity contribution < 1.29 is 28.2 Å². The number of carboxylic acids is 1. The number of halogens is 1. The largest absolute Gasteiger partial charge is 0.495 e. The summed E-state index contributed by atoms with van der Waals surface area (Å²) in [5.41, 5.74) is 0. The zero-order valence-electron chi connectivity index (χ0n) is 10.5. The van der Waals surface area contributed by atoms with Crippen LogP contribution in [0.4, 0.5) is 0 Å². The van der Waals surface area contributed by atoms with Gasteiger partial charge in [-0.1, -0.05) is 11.6 Å². The predicted molar refractivity (Wildman–Crippen MR) is 71.5 cm³/mol. The number of carboxylic acid groups (broad SMARTS) is 1. The molecule has 0 aliphatic carbocycles. The highest BCUT2D eigenvalue weighted by molar-refractivity contribution is 7.89. The molecule has 7 nitrogen and oxygen atoms in total. The minimum absolute atomic E-state index is 0.00172. The van der Waals surface area contributed by atoms with Crippen LogP contribution in [0.2, 0.25) is 5.02 Å². The molecule has 1 aromatic carbocycles. The molecular formula is C11H14ClNO6S. The lowest BCUT2D eigenvalue weighted by Gasteiger charge is -2.15. The van der Waals surface area contributed by atoms with Gasteiger partial charge in [0.05, 0.1) is 7.11 Å². The zero-order chi connectivity index (χ0) is 15.3. The maximum Gasteiger partial charge on any atom is 0.321 e. The monoisotopic (exact) mass is 323 g/mol. The van der Waals surface area contributed by atoms with E-state index < -0.39 is 28.6 Å². The number of benzene rings is 1. The Morgan fingerprint density at radius 3 is 2.65 bits per heavy atom. The highest BCUT2D eigenvalue weighted by Gasteiger charge is 2.27. The summed E-state index contributed by atoms with van der Waals surface area (Å²) in [5, 5.41) is 17.9. The third-order valence-electron chi connectivity index (χ3n) is 2.43. The Morgan fingerprint density at radius 2 is 2.15 bits per heavy atom. The fourth-order valence-corrected chi connectivity index (χ4v) is 3.01. The second kappa shape index (κ2) is 6.89. The molecule has 0 bridgehead atoms. The van der Waals surface area contributed by atoms with Crippen LogP contribution in [0.5, 0.6) is 5.75 Å². The first-order valence-corrected chi connectivity index (χ1v) is 7.37. The van der Waals surface area contributed by atoms with Crippen molar-refractivity contribution in [3.05, 3.63) is 23.2 Å². The summed E-state index contributed by atoms with van der Waals surface area (Å²) in [6, 6.07) is 2.44. The Hall–Kier alpha value is -1.35. The van der Waals surface area contributed by atoms with Crippen LogP contribution in [-0.4, -0.2) is 44.4 Å². The van der Waals surface area contributed by atoms with Gasteiger partial charge in [0.2, 0.25) is 10.0 Å². The normalized spacial score (nSPS) is 12.9. The summed E-state index contributed by atoms with van der Waals surface area (Å²) in [6.45, 7) is -0.461. The average molecular weight is 324 g/mol. The van der Waals surface area contributed by atoms with Crippen LogP contribution < -0.4 is 9.46 Å². The Morgan fingerprint density at radius 1 is 1.50 bits per heavy atom. The number of carbonyl (C=O) groups is 1. The Labute approximate surface area is 121 Å². The van der Waals surface area contributed by atoms with Gasteiger partial charge in [0.25, 0.3) is 0 Å². The molecule has 9 heteroatoms. The minimum Gasteiger partial charge on any atom is -0.495 e. The lowest BCUT2D eigenvalue weighted by atomic mass is 10.2. The molecule has 0 fully saturated rings. The summed E-state index contributed by atoms with van der Waals surface area (Å²) in [6.07, 6.45) is -0.246. The highest BCUT2D eigenvalue weighted by atomic mass is 35.5. The maximum absolute atomic E-state index is 12.1. The number of hydrogen-bond acceptors (Lipinski definition) is 5. The molecule has 0 spiro atoms. The molecule has 0 radical (unpaired) electrons. The lowest BCUT2D eigenvalue weighted by Crippen LogP contribution is -2.41. The molecule has 0 aromatic heterocycles. The van der Waals surface area contributed by atoms with Crippen molar-refractivity contribution in [2.45, 2.75) is 17.4 Å². The zero-order valence-corrected chi connectivity index (χ0v) is 12.1. The second-order valence-electron chi connectivity index (χ2n) is 3.82. The fourth-order valence-electron chi connectivity index (χ4n) is 1.48. The van der Waals surface area contributed by atoms with E-state index in [-0.39, 0.29) is 22.1 Å². The third kappa shape index (κ3) is 4.07. The van der Waals surface area contributed by atoms with E-state index in [1.807, 2.05) is 4.72 Å². The van der Waals surface area contributed by atoms with E-state index in [0.717, 1.165) is 0 Å². The number of hydrogen-bond donors (Lipinski definition) is 3. The van der Waals surface area contributed by atoms with Gasteiger partial charge in [-0.15, -0.1) is 0 Å². The number of nitrogens with one attached hydrogen (secondary N) is 1. The molecule has 0 unspecified atom stereocenters. The highest BCUT2D eigenvalue weighted by Crippen LogP contribution is 2.27. The first-order valence-electron chi connectivity index (χ1n) is 5.51. The summed E-state index contributed by atoms with van der Waals surface area (Å²) >= 11 is 5.73. The maximum atomic E-state index is 12.1. The van der Waals surface area contributed by atoms with Gasteiger partial charge in [-0.25, -0.2) is 8.42 Å². The number of ether oxygens (including phenoxy) is 1. The van der Waals surface area contributed by atoms with Crippen LogP contribution >= 0.6 is 11.6 Å². The molecule has 0 heterocycles. The van der Waals surface area contributed by atoms with E-state index in [2.05, 4.69) is 0 Å². The first-order chi connectivity index (χ1) is 9.31. The predicted octanol–water partition coefficient (Wildman–Crippen LogP) is 0.463. The van der Waals surface area contributed by atoms with Gasteiger partial charge in [-0.05, 0) is 18.6 Å². The molecule has 1 atom stereocenters. The number of aliphatic hydroxyl groups is 1. The van der Waals surface area contributed by atoms with Gasteiger partial charge in [0.1, 0.15) is 16.7 Å². The summed E-state index contributed by atoms with van der Waals surface area (Å²) < 4.78 is 31.2. The van der Waals surface area contributed by atoms with Crippen molar-refractivity contribution in [1.82, 2.24) is 4.72 Å². The molecule has 1 aromatic rings. The summed E-state index contributed by atoms with van der Waals surface area (Å²) in [5.74, 6) is -1.38. The number of rotatable bonds is 7. The van der Waals surface area contributed by atoms with E-state index in [1.54, 1.807) is 0 Å². The fraction of sp³-hybridized carbons (Fsp3) is 0.364. The Kier molecular flexibility index (Phi) is 5.75. The van der Waals surface area contributed by atoms with Crippen molar-refractivity contribution in [2.75, 3.05) is 13.7 Å². The molecule has 0 saturated heterocycles. The van der Waals surface area contributed by atoms with Crippen molar-refractivity contribution in [2.24, 2.45) is 0 Å². The molecule has 1 rings (SSSR count). The molecular weight excluding hydrogens is 310 g/mol. The van der Waals surface area contributed by atoms with Gasteiger partial charge in [0, 0.05) is 17.7 Å². The van der Waals surface area contributed by atoms with Crippen molar-refractivity contribution in [3.8, 4) is 5.75 Å². The van der Waals surface area contributed by atoms with Crippen LogP contribution in [-0.2, 0) is 14.8 Å². The number of methoxy groups -OCH3 is 1. The van der Waals surface area contributed by atoms with Gasteiger partial charge in [0.15, 0.2) is 0 Å². The van der Waals surface area contributed by atoms with E-state index in [0.29, 0.717) is 0 Å². The summed E-state index contributed by atoms with van der Waals surface area (Å²) in [7, 11) is -2.84. The van der Waals surface area contributed by atoms with E-state index >= 15 is 0 Å². The molecule has 0 amide bonds. The van der Waals surface area contributed by atoms with Crippen LogP contribution in [0.15, 0.2) is 23.1 Å². The van der Waals surface area contributed by atoms with E-state index in [1.165, 1.54) is 25.3 Å². The molecule has 0 aliphatic heterocycles. The molecule has 0 aliphatic rings. The average Bonchev–Trinajstić information content (AvgIpc) is 2.37. The standard InChI is InChI=1S/C11H14ClNO6S/c1-19-9-6-7(12)2-3-10(9)20(17,18)13-8(4-5-14)11(15)16/h2-3,6,8,13-14H,4-5H2,1H3,(H,15,16)/t8-/m0/s1. The van der Waals surface area contributed by atoms with Gasteiger partial charge >= 0.3 is 5.97 Å². The molecule has 20 heavy (non-hydrogen) atoms. The van der Waals surface area contributed by atoms with Crippen molar-refractivity contribution in [3.63, 3.8) is 0 Å². The first kappa shape index (κ1) is 16.7. The van der Waals surface area contributed by atoms with E-state index in [9.17, 15) is 13.2 Å². The number of aliphatic carboxylic acids is 1. The number of aliphatic hydroxyl groups excluding tert-OH is 1. The lowest BCUT2D eigenvalue weighted by molar-refractivity contribution is -0.139. The molecule has 112 valence electrons. The van der Waals surface area contributed by atoms with Crippen molar-refractivity contribution in [1.29, 1.82) is 0 Å². The Balaban J connectivity index is 3.13. The minimum atomic E-state index is -4.11. The second-order valence-corrected chi connectivity index (χ2v) is 5.94. The van der Waals surface area contributed by atoms with Crippen LogP contribution in [0.1, 0.15) is 6.42 Å². The van der Waals surface area contributed by atoms with Gasteiger partial charge in [-0.2, -0.15) is 4.72 Å². The third-order valence-corrected chi connectivity index (χ3v) is 4.17. The van der Waals surface area contributed by atoms with Crippen LogP contribution in [0.3, 0.4) is 0 Å². The molecule has 3 N–H and O–H groups in total. The van der Waals surface area contributed by atoms with E-state index in [4.69, 9.17) is 26.6 Å². The van der Waals surface area contributed by atoms with Gasteiger partial charge < -0.3 is 14.9 Å². The topological polar surface area (TPSA) is 113 Å². The Bertz CT molecular complexity index is 589. The summed E-state index contributed by atoms with van der Waals surface area (Å²) in [4.78, 5) is 10.7. The quantitative estimate of drug-likeness (QED) is 0.672. The SMILES string of the molecule is COc1cc(Cl)ccc1S(=O)(=O)N[C@@H](CCO)C(=O)O. The number of sulfonamides is 1.